The van der Waals surface area contributed by atoms with Crippen LogP contribution in [0.2, 0.25) is 5.02 Å². The molecule has 1 atom stereocenters. The summed E-state index contributed by atoms with van der Waals surface area (Å²) < 4.78 is 13.5. The van der Waals surface area contributed by atoms with Gasteiger partial charge in [-0.25, -0.2) is 4.39 Å². The summed E-state index contributed by atoms with van der Waals surface area (Å²) in [6.07, 6.45) is 1.41. The van der Waals surface area contributed by atoms with Crippen molar-refractivity contribution >= 4 is 23.2 Å². The lowest BCUT2D eigenvalue weighted by Gasteiger charge is -2.13. The summed E-state index contributed by atoms with van der Waals surface area (Å²) in [5.74, 6) is 0.0979. The minimum absolute atomic E-state index is 0.0865. The van der Waals surface area contributed by atoms with Crippen LogP contribution in [0.15, 0.2) is 18.2 Å². The molecule has 15 heavy (non-hydrogen) atoms. The number of benzene rings is 1. The molecule has 84 valence electrons. The van der Waals surface area contributed by atoms with Crippen LogP contribution in [0, 0.1) is 11.7 Å². The number of aryl methyl sites for hydroxylation is 1. The molecule has 0 aromatic heterocycles. The van der Waals surface area contributed by atoms with Crippen molar-refractivity contribution in [3.63, 3.8) is 0 Å². The first kappa shape index (κ1) is 12.8. The molecule has 1 aromatic rings. The number of alkyl halides is 1. The summed E-state index contributed by atoms with van der Waals surface area (Å²) in [5.41, 5.74) is 0.647. The highest BCUT2D eigenvalue weighted by atomic mass is 35.5. The Morgan fingerprint density at radius 1 is 1.33 bits per heavy atom. The average Bonchev–Trinajstić information content (AvgIpc) is 2.19. The van der Waals surface area contributed by atoms with Crippen LogP contribution in [-0.2, 0) is 6.42 Å². The number of halogens is 3. The Morgan fingerprint density at radius 3 is 2.60 bits per heavy atom. The van der Waals surface area contributed by atoms with Gasteiger partial charge in [0.1, 0.15) is 5.82 Å². The summed E-state index contributed by atoms with van der Waals surface area (Å²) >= 11 is 11.8. The minimum Gasteiger partial charge on any atom is -0.205 e. The smallest absolute Gasteiger partial charge is 0.144 e. The maximum absolute atomic E-state index is 13.5. The highest BCUT2D eigenvalue weighted by Gasteiger charge is 2.12. The van der Waals surface area contributed by atoms with E-state index < -0.39 is 0 Å². The third kappa shape index (κ3) is 3.66. The second-order valence-electron chi connectivity index (χ2n) is 4.01. The lowest BCUT2D eigenvalue weighted by molar-refractivity contribution is 0.550. The van der Waals surface area contributed by atoms with E-state index in [4.69, 9.17) is 23.2 Å². The number of hydrogen-bond donors (Lipinski definition) is 0. The average molecular weight is 249 g/mol. The molecule has 0 nitrogen and oxygen atoms in total. The van der Waals surface area contributed by atoms with E-state index in [1.54, 1.807) is 18.2 Å². The predicted molar refractivity (Wildman–Crippen MR) is 64.2 cm³/mol. The molecule has 0 saturated carbocycles. The van der Waals surface area contributed by atoms with E-state index in [0.717, 1.165) is 6.42 Å². The Labute approximate surface area is 100 Å². The SMILES string of the molecule is CC(C)C(Cl)CCc1cccc(Cl)c1F. The third-order valence-corrected chi connectivity index (χ3v) is 3.46. The van der Waals surface area contributed by atoms with Gasteiger partial charge in [0, 0.05) is 5.38 Å². The van der Waals surface area contributed by atoms with E-state index in [-0.39, 0.29) is 16.2 Å². The second kappa shape index (κ2) is 5.72. The molecule has 0 radical (unpaired) electrons. The normalized spacial score (nSPS) is 13.2. The van der Waals surface area contributed by atoms with Gasteiger partial charge in [-0.05, 0) is 30.4 Å². The van der Waals surface area contributed by atoms with Crippen LogP contribution in [0.25, 0.3) is 0 Å². The topological polar surface area (TPSA) is 0 Å². The molecular formula is C12H15Cl2F. The van der Waals surface area contributed by atoms with Gasteiger partial charge in [-0.1, -0.05) is 37.6 Å². The van der Waals surface area contributed by atoms with Crippen LogP contribution in [0.5, 0.6) is 0 Å². The van der Waals surface area contributed by atoms with Crippen molar-refractivity contribution in [3.8, 4) is 0 Å². The zero-order valence-corrected chi connectivity index (χ0v) is 10.4. The molecule has 0 fully saturated rings. The van der Waals surface area contributed by atoms with Crippen molar-refractivity contribution in [1.82, 2.24) is 0 Å². The van der Waals surface area contributed by atoms with Gasteiger partial charge in [-0.3, -0.25) is 0 Å². The molecule has 3 heteroatoms. The minimum atomic E-state index is -0.313. The molecule has 0 amide bonds. The van der Waals surface area contributed by atoms with Crippen LogP contribution in [-0.4, -0.2) is 5.38 Å². The fraction of sp³-hybridized carbons (Fsp3) is 0.500. The van der Waals surface area contributed by atoms with Gasteiger partial charge in [-0.2, -0.15) is 0 Å². The molecule has 0 aliphatic heterocycles. The lowest BCUT2D eigenvalue weighted by atomic mass is 10.0. The maximum Gasteiger partial charge on any atom is 0.144 e. The first-order chi connectivity index (χ1) is 7.02. The molecule has 1 aromatic carbocycles. The summed E-state index contributed by atoms with van der Waals surface area (Å²) in [4.78, 5) is 0. The Hall–Kier alpha value is -0.270. The summed E-state index contributed by atoms with van der Waals surface area (Å²) in [6, 6.07) is 5.07. The largest absolute Gasteiger partial charge is 0.205 e. The second-order valence-corrected chi connectivity index (χ2v) is 4.98. The van der Waals surface area contributed by atoms with Gasteiger partial charge in [0.05, 0.1) is 5.02 Å². The van der Waals surface area contributed by atoms with E-state index in [2.05, 4.69) is 13.8 Å². The Balaban J connectivity index is 2.62. The zero-order chi connectivity index (χ0) is 11.4. The highest BCUT2D eigenvalue weighted by Crippen LogP contribution is 2.22. The maximum atomic E-state index is 13.5. The van der Waals surface area contributed by atoms with E-state index in [9.17, 15) is 4.39 Å². The van der Waals surface area contributed by atoms with Crippen molar-refractivity contribution in [3.05, 3.63) is 34.6 Å². The Bertz CT molecular complexity index is 323. The molecule has 0 aliphatic carbocycles. The Kier molecular flexibility index (Phi) is 4.88. The van der Waals surface area contributed by atoms with Gasteiger partial charge in [0.25, 0.3) is 0 Å². The lowest BCUT2D eigenvalue weighted by Crippen LogP contribution is -2.09. The van der Waals surface area contributed by atoms with E-state index in [1.165, 1.54) is 0 Å². The molecule has 0 saturated heterocycles. The molecule has 0 spiro atoms. The van der Waals surface area contributed by atoms with Crippen molar-refractivity contribution < 1.29 is 4.39 Å². The molecule has 0 aliphatic rings. The van der Waals surface area contributed by atoms with Crippen molar-refractivity contribution in [1.29, 1.82) is 0 Å². The van der Waals surface area contributed by atoms with Crippen LogP contribution < -0.4 is 0 Å². The van der Waals surface area contributed by atoms with Crippen LogP contribution in [0.1, 0.15) is 25.8 Å². The first-order valence-corrected chi connectivity index (χ1v) is 5.90. The van der Waals surface area contributed by atoms with Crippen molar-refractivity contribution in [2.45, 2.75) is 32.1 Å². The van der Waals surface area contributed by atoms with E-state index in [0.29, 0.717) is 17.9 Å². The quantitative estimate of drug-likeness (QED) is 0.680. The molecule has 0 N–H and O–H groups in total. The van der Waals surface area contributed by atoms with Crippen molar-refractivity contribution in [2.75, 3.05) is 0 Å². The number of rotatable bonds is 4. The molecule has 0 bridgehead atoms. The van der Waals surface area contributed by atoms with Gasteiger partial charge in [0.2, 0.25) is 0 Å². The summed E-state index contributed by atoms with van der Waals surface area (Å²) in [5, 5.41) is 0.270. The Morgan fingerprint density at radius 2 is 2.00 bits per heavy atom. The van der Waals surface area contributed by atoms with Crippen LogP contribution in [0.4, 0.5) is 4.39 Å². The van der Waals surface area contributed by atoms with Crippen molar-refractivity contribution in [2.24, 2.45) is 5.92 Å². The standard InChI is InChI=1S/C12H15Cl2F/c1-8(2)10(13)7-6-9-4-3-5-11(14)12(9)15/h3-5,8,10H,6-7H2,1-2H3. The highest BCUT2D eigenvalue weighted by molar-refractivity contribution is 6.30. The predicted octanol–water partition coefficient (Wildman–Crippen LogP) is 4.68. The van der Waals surface area contributed by atoms with Gasteiger partial charge in [0.15, 0.2) is 0 Å². The van der Waals surface area contributed by atoms with Crippen LogP contribution >= 0.6 is 23.2 Å². The van der Waals surface area contributed by atoms with Crippen LogP contribution in [0.3, 0.4) is 0 Å². The molecule has 1 unspecified atom stereocenters. The zero-order valence-electron chi connectivity index (χ0n) is 8.93. The third-order valence-electron chi connectivity index (χ3n) is 2.44. The monoisotopic (exact) mass is 248 g/mol. The first-order valence-electron chi connectivity index (χ1n) is 5.09. The molecule has 1 rings (SSSR count). The summed E-state index contributed by atoms with van der Waals surface area (Å²) in [7, 11) is 0. The number of hydrogen-bond acceptors (Lipinski definition) is 0. The molecule has 0 heterocycles. The van der Waals surface area contributed by atoms with Gasteiger partial charge < -0.3 is 0 Å². The molecular weight excluding hydrogens is 234 g/mol. The van der Waals surface area contributed by atoms with Gasteiger partial charge >= 0.3 is 0 Å². The van der Waals surface area contributed by atoms with E-state index in [1.807, 2.05) is 0 Å². The van der Waals surface area contributed by atoms with Gasteiger partial charge in [-0.15, -0.1) is 11.6 Å². The van der Waals surface area contributed by atoms with E-state index >= 15 is 0 Å². The fourth-order valence-corrected chi connectivity index (χ4v) is 1.67. The fourth-order valence-electron chi connectivity index (χ4n) is 1.37. The summed E-state index contributed by atoms with van der Waals surface area (Å²) in [6.45, 7) is 4.12.